The van der Waals surface area contributed by atoms with E-state index in [1.54, 1.807) is 0 Å². The second kappa shape index (κ2) is 3.48. The van der Waals surface area contributed by atoms with Crippen molar-refractivity contribution in [2.24, 2.45) is 5.92 Å². The van der Waals surface area contributed by atoms with Crippen LogP contribution in [-0.4, -0.2) is 29.6 Å². The Morgan fingerprint density at radius 1 is 1.57 bits per heavy atom. The number of carbonyl (C=O) groups is 1. The molecule has 0 radical (unpaired) electrons. The first-order chi connectivity index (χ1) is 6.36. The van der Waals surface area contributed by atoms with Gasteiger partial charge in [0.2, 0.25) is 0 Å². The molecule has 0 aromatic heterocycles. The van der Waals surface area contributed by atoms with Crippen LogP contribution in [0.5, 0.6) is 0 Å². The molecule has 0 bridgehead atoms. The zero-order valence-electron chi connectivity index (χ0n) is 7.51. The van der Waals surface area contributed by atoms with Crippen molar-refractivity contribution < 1.29 is 18.0 Å². The van der Waals surface area contributed by atoms with E-state index in [-0.39, 0.29) is 6.54 Å². The van der Waals surface area contributed by atoms with Crippen molar-refractivity contribution >= 4 is 5.91 Å². The van der Waals surface area contributed by atoms with Gasteiger partial charge in [-0.25, -0.2) is 0 Å². The predicted octanol–water partition coefficient (Wildman–Crippen LogP) is 1.31. The molecule has 3 nitrogen and oxygen atoms in total. The Morgan fingerprint density at radius 3 is 2.50 bits per heavy atom. The number of hydrogen-bond acceptors (Lipinski definition) is 2. The van der Waals surface area contributed by atoms with E-state index in [1.165, 1.54) is 6.92 Å². The number of hydrogen-bond donors (Lipinski definition) is 0. The molecule has 0 saturated carbocycles. The van der Waals surface area contributed by atoms with Gasteiger partial charge in [-0.15, -0.1) is 0 Å². The number of rotatable bonds is 0. The monoisotopic (exact) mass is 206 g/mol. The van der Waals surface area contributed by atoms with Crippen LogP contribution in [0.15, 0.2) is 0 Å². The van der Waals surface area contributed by atoms with Crippen LogP contribution in [0.25, 0.3) is 0 Å². The zero-order chi connectivity index (χ0) is 10.9. The molecule has 0 aromatic carbocycles. The zero-order valence-corrected chi connectivity index (χ0v) is 7.51. The van der Waals surface area contributed by atoms with E-state index in [0.717, 1.165) is 0 Å². The van der Waals surface area contributed by atoms with Crippen LogP contribution in [0.1, 0.15) is 13.3 Å². The standard InChI is InChI=1S/C8H9F3N2O/c1-5-2-6(3-12)4-13(5)7(14)8(9,10)11/h5-6H,2,4H2,1H3. The summed E-state index contributed by atoms with van der Waals surface area (Å²) in [7, 11) is 0. The SMILES string of the molecule is CC1CC(C#N)CN1C(=O)C(F)(F)F. The molecule has 6 heteroatoms. The third-order valence-corrected chi connectivity index (χ3v) is 2.26. The molecule has 14 heavy (non-hydrogen) atoms. The molecular formula is C8H9F3N2O. The highest BCUT2D eigenvalue weighted by molar-refractivity contribution is 5.82. The molecule has 0 aliphatic carbocycles. The molecule has 2 unspecified atom stereocenters. The molecule has 1 heterocycles. The van der Waals surface area contributed by atoms with Crippen molar-refractivity contribution in [3.8, 4) is 6.07 Å². The average molecular weight is 206 g/mol. The molecule has 1 saturated heterocycles. The second-order valence-electron chi connectivity index (χ2n) is 3.37. The first-order valence-electron chi connectivity index (χ1n) is 4.13. The second-order valence-corrected chi connectivity index (χ2v) is 3.37. The fraction of sp³-hybridized carbons (Fsp3) is 0.750. The summed E-state index contributed by atoms with van der Waals surface area (Å²) in [4.78, 5) is 11.5. The van der Waals surface area contributed by atoms with Gasteiger partial charge >= 0.3 is 12.1 Å². The summed E-state index contributed by atoms with van der Waals surface area (Å²) in [6.45, 7) is 1.40. The Hall–Kier alpha value is -1.25. The van der Waals surface area contributed by atoms with Crippen LogP contribution in [0, 0.1) is 17.2 Å². The highest BCUT2D eigenvalue weighted by Crippen LogP contribution is 2.27. The van der Waals surface area contributed by atoms with Gasteiger partial charge < -0.3 is 4.90 Å². The molecule has 1 rings (SSSR count). The average Bonchev–Trinajstić information content (AvgIpc) is 2.43. The Labute approximate surface area is 79.1 Å². The van der Waals surface area contributed by atoms with E-state index >= 15 is 0 Å². The molecular weight excluding hydrogens is 197 g/mol. The molecule has 2 atom stereocenters. The minimum atomic E-state index is -4.83. The van der Waals surface area contributed by atoms with E-state index in [9.17, 15) is 18.0 Å². The van der Waals surface area contributed by atoms with Gasteiger partial charge in [-0.2, -0.15) is 18.4 Å². The summed E-state index contributed by atoms with van der Waals surface area (Å²) < 4.78 is 36.1. The van der Waals surface area contributed by atoms with Crippen molar-refractivity contribution in [3.05, 3.63) is 0 Å². The van der Waals surface area contributed by atoms with Crippen molar-refractivity contribution in [1.29, 1.82) is 5.26 Å². The number of halogens is 3. The number of amides is 1. The maximum Gasteiger partial charge on any atom is 0.471 e. The van der Waals surface area contributed by atoms with Crippen LogP contribution in [-0.2, 0) is 4.79 Å². The summed E-state index contributed by atoms with van der Waals surface area (Å²) >= 11 is 0. The van der Waals surface area contributed by atoms with Crippen molar-refractivity contribution in [2.45, 2.75) is 25.6 Å². The van der Waals surface area contributed by atoms with Gasteiger partial charge in [-0.05, 0) is 13.3 Å². The van der Waals surface area contributed by atoms with Gasteiger partial charge in [0.15, 0.2) is 0 Å². The lowest BCUT2D eigenvalue weighted by atomic mass is 10.1. The van der Waals surface area contributed by atoms with E-state index < -0.39 is 24.0 Å². The Kier molecular flexibility index (Phi) is 2.69. The van der Waals surface area contributed by atoms with Crippen molar-refractivity contribution in [3.63, 3.8) is 0 Å². The maximum absolute atomic E-state index is 12.0. The van der Waals surface area contributed by atoms with Gasteiger partial charge in [-0.3, -0.25) is 4.79 Å². The minimum absolute atomic E-state index is 0.115. The molecule has 1 amide bonds. The summed E-state index contributed by atoms with van der Waals surface area (Å²) in [6, 6.07) is 1.36. The molecule has 1 aliphatic heterocycles. The van der Waals surface area contributed by atoms with Crippen LogP contribution in [0.2, 0.25) is 0 Å². The lowest BCUT2D eigenvalue weighted by molar-refractivity contribution is -0.186. The highest BCUT2D eigenvalue weighted by Gasteiger charge is 2.46. The van der Waals surface area contributed by atoms with E-state index in [2.05, 4.69) is 0 Å². The van der Waals surface area contributed by atoms with Crippen LogP contribution < -0.4 is 0 Å². The lowest BCUT2D eigenvalue weighted by Gasteiger charge is -2.22. The van der Waals surface area contributed by atoms with Crippen molar-refractivity contribution in [2.75, 3.05) is 6.54 Å². The van der Waals surface area contributed by atoms with Crippen LogP contribution in [0.4, 0.5) is 13.2 Å². The predicted molar refractivity (Wildman–Crippen MR) is 41.0 cm³/mol. The van der Waals surface area contributed by atoms with Crippen LogP contribution >= 0.6 is 0 Å². The first kappa shape index (κ1) is 10.8. The lowest BCUT2D eigenvalue weighted by Crippen LogP contribution is -2.42. The Balaban J connectivity index is 2.72. The summed E-state index contributed by atoms with van der Waals surface area (Å²) in [5.41, 5.74) is 0. The van der Waals surface area contributed by atoms with E-state index in [4.69, 9.17) is 5.26 Å². The van der Waals surface area contributed by atoms with Crippen molar-refractivity contribution in [1.82, 2.24) is 4.90 Å². The highest BCUT2D eigenvalue weighted by atomic mass is 19.4. The maximum atomic E-state index is 12.0. The third kappa shape index (κ3) is 1.97. The largest absolute Gasteiger partial charge is 0.471 e. The van der Waals surface area contributed by atoms with Gasteiger partial charge in [0.05, 0.1) is 12.0 Å². The van der Waals surface area contributed by atoms with Gasteiger partial charge in [0, 0.05) is 12.6 Å². The summed E-state index contributed by atoms with van der Waals surface area (Å²) in [5.74, 6) is -2.32. The fourth-order valence-corrected chi connectivity index (χ4v) is 1.57. The summed E-state index contributed by atoms with van der Waals surface area (Å²) in [5, 5.41) is 8.52. The first-order valence-corrected chi connectivity index (χ1v) is 4.13. The Morgan fingerprint density at radius 2 is 2.14 bits per heavy atom. The molecule has 0 N–H and O–H groups in total. The minimum Gasteiger partial charge on any atom is -0.331 e. The fourth-order valence-electron chi connectivity index (χ4n) is 1.57. The number of nitrogens with zero attached hydrogens (tertiary/aromatic N) is 2. The molecule has 0 spiro atoms. The normalized spacial score (nSPS) is 27.5. The quantitative estimate of drug-likeness (QED) is 0.599. The number of alkyl halides is 3. The van der Waals surface area contributed by atoms with Gasteiger partial charge in [0.1, 0.15) is 0 Å². The third-order valence-electron chi connectivity index (χ3n) is 2.26. The number of likely N-dealkylation sites (tertiary alicyclic amines) is 1. The van der Waals surface area contributed by atoms with E-state index in [0.29, 0.717) is 11.3 Å². The molecule has 1 aliphatic rings. The van der Waals surface area contributed by atoms with Gasteiger partial charge in [0.25, 0.3) is 0 Å². The molecule has 0 aromatic rings. The molecule has 1 fully saturated rings. The summed E-state index contributed by atoms with van der Waals surface area (Å²) in [6.07, 6.45) is -4.52. The number of carbonyl (C=O) groups excluding carboxylic acids is 1. The topological polar surface area (TPSA) is 44.1 Å². The molecule has 78 valence electrons. The van der Waals surface area contributed by atoms with Gasteiger partial charge in [-0.1, -0.05) is 0 Å². The number of nitriles is 1. The smallest absolute Gasteiger partial charge is 0.331 e. The van der Waals surface area contributed by atoms with Crippen LogP contribution in [0.3, 0.4) is 0 Å². The van der Waals surface area contributed by atoms with E-state index in [1.807, 2.05) is 6.07 Å². The Bertz CT molecular complexity index is 281.